The van der Waals surface area contributed by atoms with E-state index in [4.69, 9.17) is 4.74 Å². The normalized spacial score (nSPS) is 13.0. The van der Waals surface area contributed by atoms with Gasteiger partial charge in [0.25, 0.3) is 5.91 Å². The van der Waals surface area contributed by atoms with Crippen LogP contribution in [0.1, 0.15) is 53.7 Å². The Morgan fingerprint density at radius 1 is 0.970 bits per heavy atom. The minimum absolute atomic E-state index is 0.00875. The summed E-state index contributed by atoms with van der Waals surface area (Å²) in [4.78, 5) is 15.0. The number of carbonyl (C=O) groups excluding carboxylic acids is 1. The smallest absolute Gasteiger partial charge is 0.251 e. The summed E-state index contributed by atoms with van der Waals surface area (Å²) in [5.41, 5.74) is 5.97. The lowest BCUT2D eigenvalue weighted by atomic mass is 10.0. The van der Waals surface area contributed by atoms with Gasteiger partial charge in [0.1, 0.15) is 5.75 Å². The molecule has 4 nitrogen and oxygen atoms in total. The quantitative estimate of drug-likeness (QED) is 0.427. The molecule has 0 bridgehead atoms. The lowest BCUT2D eigenvalue weighted by Gasteiger charge is -2.31. The monoisotopic (exact) mass is 442 g/mol. The van der Waals surface area contributed by atoms with Gasteiger partial charge < -0.3 is 15.0 Å². The molecule has 0 aliphatic carbocycles. The summed E-state index contributed by atoms with van der Waals surface area (Å²) in [5, 5.41) is 3.05. The molecule has 33 heavy (non-hydrogen) atoms. The summed E-state index contributed by atoms with van der Waals surface area (Å²) in [7, 11) is 0. The van der Waals surface area contributed by atoms with Crippen LogP contribution >= 0.6 is 0 Å². The zero-order valence-electron chi connectivity index (χ0n) is 19.7. The summed E-state index contributed by atoms with van der Waals surface area (Å²) in [6, 6.07) is 24.9. The first kappa shape index (κ1) is 22.9. The van der Waals surface area contributed by atoms with Gasteiger partial charge in [0.15, 0.2) is 0 Å². The van der Waals surface area contributed by atoms with Crippen molar-refractivity contribution in [1.82, 2.24) is 5.32 Å². The van der Waals surface area contributed by atoms with Crippen LogP contribution in [0.4, 0.5) is 5.69 Å². The number of ether oxygens (including phenoxy) is 1. The van der Waals surface area contributed by atoms with Gasteiger partial charge in [-0.1, -0.05) is 42.5 Å². The molecule has 172 valence electrons. The number of benzene rings is 3. The molecule has 0 saturated carbocycles. The Labute approximate surface area is 197 Å². The van der Waals surface area contributed by atoms with E-state index in [1.54, 1.807) is 0 Å². The highest BCUT2D eigenvalue weighted by molar-refractivity contribution is 5.94. The predicted octanol–water partition coefficient (Wildman–Crippen LogP) is 5.79. The van der Waals surface area contributed by atoms with Gasteiger partial charge in [0, 0.05) is 30.9 Å². The average Bonchev–Trinajstić information content (AvgIpc) is 2.83. The van der Waals surface area contributed by atoms with Gasteiger partial charge >= 0.3 is 0 Å². The van der Waals surface area contributed by atoms with Crippen molar-refractivity contribution in [3.8, 4) is 5.75 Å². The highest BCUT2D eigenvalue weighted by atomic mass is 16.5. The van der Waals surface area contributed by atoms with E-state index in [2.05, 4.69) is 58.7 Å². The van der Waals surface area contributed by atoms with Crippen LogP contribution < -0.4 is 15.0 Å². The Balaban J connectivity index is 1.23. The van der Waals surface area contributed by atoms with Crippen LogP contribution in [0.3, 0.4) is 0 Å². The van der Waals surface area contributed by atoms with Gasteiger partial charge in [0.2, 0.25) is 0 Å². The number of nitrogens with one attached hydrogen (secondary N) is 1. The van der Waals surface area contributed by atoms with Crippen molar-refractivity contribution in [1.29, 1.82) is 0 Å². The van der Waals surface area contributed by atoms with Crippen LogP contribution in [0.2, 0.25) is 0 Å². The molecule has 0 unspecified atom stereocenters. The number of aryl methyl sites for hydroxylation is 2. The number of amides is 1. The molecule has 1 heterocycles. The molecule has 1 N–H and O–H groups in total. The van der Waals surface area contributed by atoms with Crippen molar-refractivity contribution in [2.24, 2.45) is 0 Å². The molecular formula is C29H34N2O2. The number of hydrogen-bond donors (Lipinski definition) is 1. The summed E-state index contributed by atoms with van der Waals surface area (Å²) in [5.74, 6) is 0.889. The second-order valence-electron chi connectivity index (χ2n) is 9.02. The van der Waals surface area contributed by atoms with Crippen molar-refractivity contribution >= 4 is 11.6 Å². The predicted molar refractivity (Wildman–Crippen MR) is 135 cm³/mol. The summed E-state index contributed by atoms with van der Waals surface area (Å²) in [6.45, 7) is 6.66. The van der Waals surface area contributed by atoms with Gasteiger partial charge in [0.05, 0.1) is 6.10 Å². The van der Waals surface area contributed by atoms with E-state index in [0.717, 1.165) is 38.1 Å². The van der Waals surface area contributed by atoms with E-state index in [0.29, 0.717) is 12.1 Å². The molecule has 1 aliphatic rings. The Kier molecular flexibility index (Phi) is 7.66. The van der Waals surface area contributed by atoms with E-state index in [-0.39, 0.29) is 12.0 Å². The average molecular weight is 443 g/mol. The highest BCUT2D eigenvalue weighted by Gasteiger charge is 2.16. The Morgan fingerprint density at radius 2 is 1.70 bits per heavy atom. The summed E-state index contributed by atoms with van der Waals surface area (Å²) in [6.07, 6.45) is 4.36. The van der Waals surface area contributed by atoms with E-state index in [9.17, 15) is 4.79 Å². The Hall–Kier alpha value is -3.27. The van der Waals surface area contributed by atoms with Crippen molar-refractivity contribution in [3.63, 3.8) is 0 Å². The fourth-order valence-electron chi connectivity index (χ4n) is 4.36. The van der Waals surface area contributed by atoms with E-state index < -0.39 is 0 Å². The first-order valence-electron chi connectivity index (χ1n) is 12.0. The molecule has 1 amide bonds. The molecule has 0 aromatic heterocycles. The van der Waals surface area contributed by atoms with Crippen molar-refractivity contribution in [2.75, 3.05) is 18.0 Å². The fraction of sp³-hybridized carbons (Fsp3) is 0.345. The highest BCUT2D eigenvalue weighted by Crippen LogP contribution is 2.28. The largest absolute Gasteiger partial charge is 0.491 e. The van der Waals surface area contributed by atoms with Crippen LogP contribution in [-0.4, -0.2) is 25.1 Å². The maximum Gasteiger partial charge on any atom is 0.251 e. The third-order valence-corrected chi connectivity index (χ3v) is 6.02. The lowest BCUT2D eigenvalue weighted by molar-refractivity contribution is 0.0953. The topological polar surface area (TPSA) is 41.6 Å². The molecule has 3 aromatic carbocycles. The lowest BCUT2D eigenvalue weighted by Crippen LogP contribution is -2.28. The van der Waals surface area contributed by atoms with Crippen LogP contribution in [0.15, 0.2) is 72.8 Å². The van der Waals surface area contributed by atoms with Crippen LogP contribution in [0, 0.1) is 0 Å². The molecule has 4 rings (SSSR count). The van der Waals surface area contributed by atoms with Crippen molar-refractivity contribution in [3.05, 3.63) is 95.1 Å². The number of rotatable bonds is 9. The molecule has 4 heteroatoms. The van der Waals surface area contributed by atoms with Gasteiger partial charge in [-0.25, -0.2) is 0 Å². The number of nitrogens with zero attached hydrogens (tertiary/aromatic N) is 1. The third-order valence-electron chi connectivity index (χ3n) is 6.02. The molecule has 0 fully saturated rings. The van der Waals surface area contributed by atoms with Crippen molar-refractivity contribution < 1.29 is 9.53 Å². The zero-order valence-corrected chi connectivity index (χ0v) is 19.7. The number of anilines is 1. The molecule has 0 atom stereocenters. The minimum Gasteiger partial charge on any atom is -0.491 e. The zero-order chi connectivity index (χ0) is 23.0. The molecule has 0 spiro atoms. The van der Waals surface area contributed by atoms with Crippen molar-refractivity contribution in [2.45, 2.75) is 52.2 Å². The van der Waals surface area contributed by atoms with Crippen LogP contribution in [-0.2, 0) is 19.4 Å². The Bertz CT molecular complexity index is 1040. The first-order chi connectivity index (χ1) is 16.1. The standard InChI is InChI=1S/C29H34N2O2/c1-22(2)33-27-17-13-23(14-18-27)7-5-19-30-29(32)26-15-11-24(12-16-26)21-31-20-6-9-25-8-3-4-10-28(25)31/h3-4,8,10-18,22H,5-7,9,19-21H2,1-2H3,(H,30,32). The Morgan fingerprint density at radius 3 is 2.45 bits per heavy atom. The number of carbonyl (C=O) groups is 1. The molecule has 0 radical (unpaired) electrons. The van der Waals surface area contributed by atoms with Crippen LogP contribution in [0.25, 0.3) is 0 Å². The number of para-hydroxylation sites is 1. The minimum atomic E-state index is -0.00875. The van der Waals surface area contributed by atoms with Gasteiger partial charge in [-0.05, 0) is 86.6 Å². The maximum absolute atomic E-state index is 12.5. The van der Waals surface area contributed by atoms with E-state index >= 15 is 0 Å². The maximum atomic E-state index is 12.5. The van der Waals surface area contributed by atoms with Gasteiger partial charge in [-0.2, -0.15) is 0 Å². The molecule has 1 aliphatic heterocycles. The summed E-state index contributed by atoms with van der Waals surface area (Å²) < 4.78 is 5.68. The van der Waals surface area contributed by atoms with E-state index in [1.807, 2.05) is 38.1 Å². The SMILES string of the molecule is CC(C)Oc1ccc(CCCNC(=O)c2ccc(CN3CCCc4ccccc43)cc2)cc1. The molecular weight excluding hydrogens is 408 g/mol. The number of hydrogen-bond acceptors (Lipinski definition) is 3. The first-order valence-corrected chi connectivity index (χ1v) is 12.0. The summed E-state index contributed by atoms with van der Waals surface area (Å²) >= 11 is 0. The van der Waals surface area contributed by atoms with E-state index in [1.165, 1.54) is 28.8 Å². The third kappa shape index (κ3) is 6.38. The van der Waals surface area contributed by atoms with Crippen LogP contribution in [0.5, 0.6) is 5.75 Å². The number of fused-ring (bicyclic) bond motifs is 1. The second-order valence-corrected chi connectivity index (χ2v) is 9.02. The van der Waals surface area contributed by atoms with Gasteiger partial charge in [-0.15, -0.1) is 0 Å². The molecule has 3 aromatic rings. The fourth-order valence-corrected chi connectivity index (χ4v) is 4.36. The molecule has 0 saturated heterocycles. The second kappa shape index (κ2) is 11.0. The van der Waals surface area contributed by atoms with Gasteiger partial charge in [-0.3, -0.25) is 4.79 Å².